The summed E-state index contributed by atoms with van der Waals surface area (Å²) in [7, 11) is 0. The highest BCUT2D eigenvalue weighted by Crippen LogP contribution is 2.41. The number of hydrogen-bond donors (Lipinski definition) is 2. The van der Waals surface area contributed by atoms with Gasteiger partial charge in [-0.1, -0.05) is 30.3 Å². The zero-order valence-corrected chi connectivity index (χ0v) is 13.7. The van der Waals surface area contributed by atoms with Gasteiger partial charge in [-0.2, -0.15) is 0 Å². The van der Waals surface area contributed by atoms with Crippen LogP contribution in [0.5, 0.6) is 0 Å². The summed E-state index contributed by atoms with van der Waals surface area (Å²) in [4.78, 5) is 23.4. The van der Waals surface area contributed by atoms with Gasteiger partial charge in [0.2, 0.25) is 5.91 Å². The summed E-state index contributed by atoms with van der Waals surface area (Å²) in [5.41, 5.74) is 10.6. The van der Waals surface area contributed by atoms with Gasteiger partial charge in [0, 0.05) is 28.8 Å². The molecule has 2 aromatic rings. The van der Waals surface area contributed by atoms with Crippen molar-refractivity contribution in [1.29, 1.82) is 0 Å². The van der Waals surface area contributed by atoms with Crippen molar-refractivity contribution in [2.45, 2.75) is 25.9 Å². The Morgan fingerprint density at radius 2 is 2.00 bits per heavy atom. The number of primary amides is 1. The minimum Gasteiger partial charge on any atom is -0.487 e. The van der Waals surface area contributed by atoms with Crippen molar-refractivity contribution >= 4 is 28.8 Å². The first-order valence-corrected chi connectivity index (χ1v) is 8.32. The summed E-state index contributed by atoms with van der Waals surface area (Å²) in [6.45, 7) is 0.463. The summed E-state index contributed by atoms with van der Waals surface area (Å²) < 4.78 is 5.88. The van der Waals surface area contributed by atoms with Gasteiger partial charge < -0.3 is 15.8 Å². The van der Waals surface area contributed by atoms with Crippen LogP contribution >= 0.6 is 0 Å². The predicted octanol–water partition coefficient (Wildman–Crippen LogP) is 2.85. The average molecular weight is 334 g/mol. The van der Waals surface area contributed by atoms with Crippen LogP contribution in [0.1, 0.15) is 35.1 Å². The molecule has 0 unspecified atom stereocenters. The maximum atomic E-state index is 12.5. The van der Waals surface area contributed by atoms with Crippen LogP contribution in [-0.4, -0.2) is 11.8 Å². The third kappa shape index (κ3) is 2.78. The van der Waals surface area contributed by atoms with Crippen molar-refractivity contribution < 1.29 is 14.3 Å². The predicted molar refractivity (Wildman–Crippen MR) is 95.2 cm³/mol. The van der Waals surface area contributed by atoms with Crippen LogP contribution in [-0.2, 0) is 27.4 Å². The Kier molecular flexibility index (Phi) is 3.76. The third-order valence-corrected chi connectivity index (χ3v) is 4.58. The van der Waals surface area contributed by atoms with Crippen LogP contribution in [0.4, 0.5) is 5.69 Å². The molecule has 5 nitrogen and oxygen atoms in total. The Bertz CT molecular complexity index is 915. The largest absolute Gasteiger partial charge is 0.487 e. The van der Waals surface area contributed by atoms with Crippen LogP contribution in [0.3, 0.4) is 0 Å². The molecule has 0 radical (unpaired) electrons. The van der Waals surface area contributed by atoms with Gasteiger partial charge in [-0.15, -0.1) is 0 Å². The van der Waals surface area contributed by atoms with Crippen molar-refractivity contribution in [3.63, 3.8) is 0 Å². The molecule has 0 aliphatic carbocycles. The Balaban J connectivity index is 1.72. The van der Waals surface area contributed by atoms with Crippen molar-refractivity contribution in [3.05, 3.63) is 64.7 Å². The highest BCUT2D eigenvalue weighted by molar-refractivity contribution is 6.36. The summed E-state index contributed by atoms with van der Waals surface area (Å²) in [6, 6.07) is 13.7. The Morgan fingerprint density at radius 1 is 1.16 bits per heavy atom. The molecule has 0 saturated carbocycles. The van der Waals surface area contributed by atoms with E-state index in [1.165, 1.54) is 0 Å². The van der Waals surface area contributed by atoms with Crippen molar-refractivity contribution in [2.24, 2.45) is 5.73 Å². The van der Waals surface area contributed by atoms with E-state index in [2.05, 4.69) is 11.4 Å². The number of carbonyl (C=O) groups excluding carboxylic acids is 2. The van der Waals surface area contributed by atoms with E-state index in [-0.39, 0.29) is 11.8 Å². The average Bonchev–Trinajstić information content (AvgIpc) is 3.13. The second kappa shape index (κ2) is 6.09. The van der Waals surface area contributed by atoms with Gasteiger partial charge in [-0.25, -0.2) is 0 Å². The molecule has 2 heterocycles. The molecule has 0 saturated heterocycles. The highest BCUT2D eigenvalue weighted by Gasteiger charge is 2.32. The maximum absolute atomic E-state index is 12.5. The van der Waals surface area contributed by atoms with Crippen LogP contribution in [0, 0.1) is 0 Å². The fourth-order valence-electron chi connectivity index (χ4n) is 3.36. The van der Waals surface area contributed by atoms with Crippen LogP contribution in [0.2, 0.25) is 0 Å². The fourth-order valence-corrected chi connectivity index (χ4v) is 3.36. The van der Waals surface area contributed by atoms with E-state index in [0.29, 0.717) is 30.8 Å². The second-order valence-electron chi connectivity index (χ2n) is 6.30. The Labute approximate surface area is 145 Å². The molecule has 0 atom stereocenters. The number of aryl methyl sites for hydroxylation is 1. The number of nitrogens with two attached hydrogens (primary N) is 1. The molecule has 25 heavy (non-hydrogen) atoms. The minimum absolute atomic E-state index is 0.136. The first kappa shape index (κ1) is 15.4. The number of ether oxygens (including phenoxy) is 1. The normalized spacial score (nSPS) is 17.7. The van der Waals surface area contributed by atoms with Crippen LogP contribution < -0.4 is 11.1 Å². The minimum atomic E-state index is -0.286. The van der Waals surface area contributed by atoms with Crippen LogP contribution in [0.15, 0.2) is 42.5 Å². The number of anilines is 1. The van der Waals surface area contributed by atoms with E-state index in [0.717, 1.165) is 34.4 Å². The number of fused-ring (bicyclic) bond motifs is 2. The molecule has 2 aliphatic rings. The van der Waals surface area contributed by atoms with Crippen LogP contribution in [0.25, 0.3) is 11.3 Å². The van der Waals surface area contributed by atoms with Gasteiger partial charge in [0.25, 0.3) is 5.91 Å². The first-order valence-electron chi connectivity index (χ1n) is 8.32. The lowest BCUT2D eigenvalue weighted by Gasteiger charge is -2.07. The molecule has 0 fully saturated rings. The molecule has 0 bridgehead atoms. The van der Waals surface area contributed by atoms with E-state index in [1.807, 2.05) is 36.4 Å². The quantitative estimate of drug-likeness (QED) is 0.844. The summed E-state index contributed by atoms with van der Waals surface area (Å²) in [5, 5.41) is 2.89. The molecule has 2 amide bonds. The monoisotopic (exact) mass is 334 g/mol. The van der Waals surface area contributed by atoms with E-state index >= 15 is 0 Å². The van der Waals surface area contributed by atoms with Gasteiger partial charge in [0.15, 0.2) is 0 Å². The van der Waals surface area contributed by atoms with Gasteiger partial charge >= 0.3 is 0 Å². The molecule has 2 aliphatic heterocycles. The summed E-state index contributed by atoms with van der Waals surface area (Å²) in [5.74, 6) is 0.212. The molecule has 2 aromatic carbocycles. The summed E-state index contributed by atoms with van der Waals surface area (Å²) in [6.07, 6.45) is 1.85. The van der Waals surface area contributed by atoms with Crippen molar-refractivity contribution in [2.75, 3.05) is 5.32 Å². The lowest BCUT2D eigenvalue weighted by atomic mass is 9.97. The molecule has 3 N–H and O–H groups in total. The topological polar surface area (TPSA) is 81.4 Å². The lowest BCUT2D eigenvalue weighted by molar-refractivity contribution is -0.118. The fraction of sp³-hybridized carbons (Fsp3) is 0.200. The molecular formula is C20H18N2O3. The number of carbonyl (C=O) groups is 2. The standard InChI is InChI=1S/C20H18N2O3/c21-17(23)7-3-4-12-8-9-13-11-25-19(15(13)10-12)18-14-5-1-2-6-16(14)22-20(18)24/h1-2,5-6,8-10H,3-4,7,11H2,(H2,21,23)(H,22,24). The first-order chi connectivity index (χ1) is 12.1. The smallest absolute Gasteiger partial charge is 0.260 e. The molecule has 4 rings (SSSR count). The lowest BCUT2D eigenvalue weighted by Crippen LogP contribution is -2.10. The third-order valence-electron chi connectivity index (χ3n) is 4.58. The second-order valence-corrected chi connectivity index (χ2v) is 6.30. The van der Waals surface area contributed by atoms with Crippen molar-refractivity contribution in [1.82, 2.24) is 0 Å². The number of benzene rings is 2. The number of hydrogen-bond acceptors (Lipinski definition) is 3. The molecule has 126 valence electrons. The molecule has 0 aromatic heterocycles. The zero-order valence-electron chi connectivity index (χ0n) is 13.7. The number of nitrogens with one attached hydrogen (secondary N) is 1. The SMILES string of the molecule is NC(=O)CCCc1ccc2c(c1)C(=C1C(=O)Nc3ccccc31)OC2. The van der Waals surface area contributed by atoms with Gasteiger partial charge in [-0.3, -0.25) is 9.59 Å². The van der Waals surface area contributed by atoms with E-state index < -0.39 is 0 Å². The van der Waals surface area contributed by atoms with Gasteiger partial charge in [0.1, 0.15) is 12.4 Å². The van der Waals surface area contributed by atoms with E-state index in [1.54, 1.807) is 0 Å². The Morgan fingerprint density at radius 3 is 2.84 bits per heavy atom. The maximum Gasteiger partial charge on any atom is 0.260 e. The summed E-state index contributed by atoms with van der Waals surface area (Å²) >= 11 is 0. The zero-order chi connectivity index (χ0) is 17.4. The number of para-hydroxylation sites is 1. The highest BCUT2D eigenvalue weighted by atomic mass is 16.5. The van der Waals surface area contributed by atoms with Gasteiger partial charge in [0.05, 0.1) is 5.57 Å². The van der Waals surface area contributed by atoms with Gasteiger partial charge in [-0.05, 0) is 30.5 Å². The number of rotatable bonds is 4. The Hall–Kier alpha value is -3.08. The molecule has 5 heteroatoms. The molecule has 0 spiro atoms. The van der Waals surface area contributed by atoms with Crippen molar-refractivity contribution in [3.8, 4) is 0 Å². The van der Waals surface area contributed by atoms with E-state index in [4.69, 9.17) is 10.5 Å². The molecular weight excluding hydrogens is 316 g/mol. The number of amides is 2. The van der Waals surface area contributed by atoms with E-state index in [9.17, 15) is 9.59 Å².